The van der Waals surface area contributed by atoms with Gasteiger partial charge in [0.1, 0.15) is 5.75 Å². The molecule has 0 bridgehead atoms. The summed E-state index contributed by atoms with van der Waals surface area (Å²) in [7, 11) is -3.82. The minimum absolute atomic E-state index is 0.0811. The van der Waals surface area contributed by atoms with Crippen molar-refractivity contribution in [1.29, 1.82) is 0 Å². The van der Waals surface area contributed by atoms with Crippen LogP contribution in [0.15, 0.2) is 21.5 Å². The molecule has 1 aliphatic rings. The minimum Gasteiger partial charge on any atom is -0.482 e. The van der Waals surface area contributed by atoms with Gasteiger partial charge in [-0.05, 0) is 22.0 Å². The fourth-order valence-electron chi connectivity index (χ4n) is 1.30. The van der Waals surface area contributed by atoms with E-state index in [9.17, 15) is 13.2 Å². The van der Waals surface area contributed by atoms with Gasteiger partial charge in [-0.2, -0.15) is 0 Å². The van der Waals surface area contributed by atoms with Crippen LogP contribution in [0.4, 0.5) is 5.69 Å². The number of hydrogen-bond acceptors (Lipinski definition) is 4. The molecule has 3 N–H and O–H groups in total. The Morgan fingerprint density at radius 2 is 2.12 bits per heavy atom. The number of rotatable bonds is 1. The number of fused-ring (bicyclic) bond motifs is 1. The number of benzene rings is 1. The Balaban J connectivity index is 2.59. The molecule has 0 radical (unpaired) electrons. The number of ether oxygens (including phenoxy) is 1. The predicted molar refractivity (Wildman–Crippen MR) is 59.6 cm³/mol. The smallest absolute Gasteiger partial charge is 0.262 e. The lowest BCUT2D eigenvalue weighted by molar-refractivity contribution is -0.118. The fourth-order valence-corrected chi connectivity index (χ4v) is 2.92. The lowest BCUT2D eigenvalue weighted by Crippen LogP contribution is -2.26. The van der Waals surface area contributed by atoms with Crippen molar-refractivity contribution in [2.24, 2.45) is 5.14 Å². The van der Waals surface area contributed by atoms with E-state index in [1.54, 1.807) is 0 Å². The summed E-state index contributed by atoms with van der Waals surface area (Å²) in [5.74, 6) is -0.00502. The van der Waals surface area contributed by atoms with Gasteiger partial charge in [0.25, 0.3) is 5.91 Å². The summed E-state index contributed by atoms with van der Waals surface area (Å²) in [6, 6.07) is 2.71. The van der Waals surface area contributed by atoms with Crippen molar-refractivity contribution in [2.75, 3.05) is 11.9 Å². The first-order valence-corrected chi connectivity index (χ1v) is 6.51. The predicted octanol–water partition coefficient (Wildman–Crippen LogP) is 0.427. The normalized spacial score (nSPS) is 15.0. The van der Waals surface area contributed by atoms with Crippen LogP contribution in [0.3, 0.4) is 0 Å². The van der Waals surface area contributed by atoms with Gasteiger partial charge in [-0.25, -0.2) is 13.6 Å². The van der Waals surface area contributed by atoms with Crippen molar-refractivity contribution < 1.29 is 17.9 Å². The molecule has 0 unspecified atom stereocenters. The SMILES string of the molecule is NS(=O)(=O)c1cc2c(cc1Br)NC(=O)CO2. The summed E-state index contributed by atoms with van der Waals surface area (Å²) in [5.41, 5.74) is 0.413. The van der Waals surface area contributed by atoms with E-state index in [1.165, 1.54) is 12.1 Å². The van der Waals surface area contributed by atoms with Gasteiger partial charge in [0.15, 0.2) is 6.61 Å². The highest BCUT2D eigenvalue weighted by atomic mass is 79.9. The molecular weight excluding hydrogens is 300 g/mol. The summed E-state index contributed by atoms with van der Waals surface area (Å²) in [4.78, 5) is 10.9. The third-order valence-corrected chi connectivity index (χ3v) is 3.84. The van der Waals surface area contributed by atoms with Gasteiger partial charge in [-0.3, -0.25) is 4.79 Å². The summed E-state index contributed by atoms with van der Waals surface area (Å²) in [5, 5.41) is 7.57. The van der Waals surface area contributed by atoms with Crippen molar-refractivity contribution in [3.63, 3.8) is 0 Å². The van der Waals surface area contributed by atoms with Gasteiger partial charge in [0.05, 0.1) is 10.6 Å². The fraction of sp³-hybridized carbons (Fsp3) is 0.125. The maximum atomic E-state index is 11.2. The number of primary sulfonamides is 1. The number of carbonyl (C=O) groups is 1. The lowest BCUT2D eigenvalue weighted by Gasteiger charge is -2.18. The molecule has 0 fully saturated rings. The van der Waals surface area contributed by atoms with Gasteiger partial charge in [0, 0.05) is 10.5 Å². The second-order valence-electron chi connectivity index (χ2n) is 3.16. The minimum atomic E-state index is -3.82. The van der Waals surface area contributed by atoms with Crippen LogP contribution >= 0.6 is 15.9 Å². The maximum Gasteiger partial charge on any atom is 0.262 e. The summed E-state index contributed by atoms with van der Waals surface area (Å²) in [6.45, 7) is -0.140. The number of sulfonamides is 1. The van der Waals surface area contributed by atoms with Crippen molar-refractivity contribution in [3.05, 3.63) is 16.6 Å². The van der Waals surface area contributed by atoms with E-state index in [0.717, 1.165) is 0 Å². The van der Waals surface area contributed by atoms with Gasteiger partial charge in [-0.1, -0.05) is 0 Å². The topological polar surface area (TPSA) is 98.5 Å². The van der Waals surface area contributed by atoms with E-state index in [2.05, 4.69) is 21.2 Å². The van der Waals surface area contributed by atoms with E-state index in [1.807, 2.05) is 0 Å². The molecule has 0 saturated carbocycles. The number of carbonyl (C=O) groups excluding carboxylic acids is 1. The largest absolute Gasteiger partial charge is 0.482 e. The van der Waals surface area contributed by atoms with Crippen LogP contribution in [0, 0.1) is 0 Å². The quantitative estimate of drug-likeness (QED) is 0.786. The third kappa shape index (κ3) is 2.04. The van der Waals surface area contributed by atoms with Crippen molar-refractivity contribution in [2.45, 2.75) is 4.90 Å². The highest BCUT2D eigenvalue weighted by Crippen LogP contribution is 2.35. The van der Waals surface area contributed by atoms with E-state index in [4.69, 9.17) is 9.88 Å². The molecule has 1 aromatic carbocycles. The van der Waals surface area contributed by atoms with Gasteiger partial charge in [0.2, 0.25) is 10.0 Å². The highest BCUT2D eigenvalue weighted by Gasteiger charge is 2.21. The van der Waals surface area contributed by atoms with Crippen LogP contribution in [-0.2, 0) is 14.8 Å². The number of anilines is 1. The number of nitrogens with one attached hydrogen (secondary N) is 1. The first-order valence-electron chi connectivity index (χ1n) is 4.17. The maximum absolute atomic E-state index is 11.2. The molecule has 8 heteroatoms. The van der Waals surface area contributed by atoms with E-state index < -0.39 is 10.0 Å². The summed E-state index contributed by atoms with van der Waals surface area (Å²) < 4.78 is 27.8. The molecule has 1 aromatic rings. The van der Waals surface area contributed by atoms with Crippen LogP contribution < -0.4 is 15.2 Å². The average molecular weight is 307 g/mol. The van der Waals surface area contributed by atoms with E-state index >= 15 is 0 Å². The molecule has 0 aromatic heterocycles. The van der Waals surface area contributed by atoms with Crippen LogP contribution in [0.1, 0.15) is 0 Å². The number of halogens is 1. The molecule has 1 amide bonds. The van der Waals surface area contributed by atoms with E-state index in [-0.39, 0.29) is 27.6 Å². The Bertz CT molecular complexity index is 570. The Hall–Kier alpha value is -1.12. The summed E-state index contributed by atoms with van der Waals surface area (Å²) >= 11 is 3.07. The zero-order valence-electron chi connectivity index (χ0n) is 7.86. The number of nitrogens with two attached hydrogens (primary N) is 1. The lowest BCUT2D eigenvalue weighted by atomic mass is 10.2. The van der Waals surface area contributed by atoms with Crippen LogP contribution in [0.5, 0.6) is 5.75 Å². The Labute approximate surface area is 99.9 Å². The van der Waals surface area contributed by atoms with Crippen molar-refractivity contribution in [3.8, 4) is 5.75 Å². The number of amides is 1. The molecule has 0 spiro atoms. The van der Waals surface area contributed by atoms with Gasteiger partial charge >= 0.3 is 0 Å². The number of hydrogen-bond donors (Lipinski definition) is 2. The second kappa shape index (κ2) is 3.72. The Morgan fingerprint density at radius 3 is 2.75 bits per heavy atom. The van der Waals surface area contributed by atoms with E-state index in [0.29, 0.717) is 5.69 Å². The Kier molecular flexibility index (Phi) is 2.64. The second-order valence-corrected chi connectivity index (χ2v) is 5.54. The van der Waals surface area contributed by atoms with Crippen LogP contribution in [-0.4, -0.2) is 20.9 Å². The Morgan fingerprint density at radius 1 is 1.44 bits per heavy atom. The summed E-state index contributed by atoms with van der Waals surface area (Å²) in [6.07, 6.45) is 0. The first-order chi connectivity index (χ1) is 7.38. The molecule has 0 aliphatic carbocycles. The van der Waals surface area contributed by atoms with Gasteiger partial charge in [-0.15, -0.1) is 0 Å². The molecule has 0 atom stereocenters. The first kappa shape index (κ1) is 11.4. The van der Waals surface area contributed by atoms with Crippen molar-refractivity contribution >= 4 is 37.5 Å². The molecule has 86 valence electrons. The van der Waals surface area contributed by atoms with Crippen LogP contribution in [0.25, 0.3) is 0 Å². The third-order valence-electron chi connectivity index (χ3n) is 1.97. The van der Waals surface area contributed by atoms with Gasteiger partial charge < -0.3 is 10.1 Å². The van der Waals surface area contributed by atoms with Crippen LogP contribution in [0.2, 0.25) is 0 Å². The van der Waals surface area contributed by atoms with Crippen molar-refractivity contribution in [1.82, 2.24) is 0 Å². The molecular formula is C8H7BrN2O4S. The standard InChI is InChI=1S/C8H7BrN2O4S/c9-4-1-5-6(15-3-8(12)11-5)2-7(4)16(10,13)14/h1-2H,3H2,(H,11,12)(H2,10,13,14). The average Bonchev–Trinajstić information content (AvgIpc) is 2.14. The molecule has 1 aliphatic heterocycles. The monoisotopic (exact) mass is 306 g/mol. The zero-order chi connectivity index (χ0) is 11.9. The molecule has 6 nitrogen and oxygen atoms in total. The molecule has 16 heavy (non-hydrogen) atoms. The molecule has 0 saturated heterocycles. The molecule has 1 heterocycles. The zero-order valence-corrected chi connectivity index (χ0v) is 10.3. The highest BCUT2D eigenvalue weighted by molar-refractivity contribution is 9.10. The molecule has 2 rings (SSSR count).